The van der Waals surface area contributed by atoms with E-state index in [0.29, 0.717) is 37.6 Å². The van der Waals surface area contributed by atoms with Gasteiger partial charge in [0.05, 0.1) is 26.5 Å². The molecule has 1 aromatic carbocycles. The van der Waals surface area contributed by atoms with Crippen LogP contribution in [0.5, 0.6) is 11.5 Å². The predicted molar refractivity (Wildman–Crippen MR) is 116 cm³/mol. The molecule has 0 aliphatic carbocycles. The van der Waals surface area contributed by atoms with E-state index in [-0.39, 0.29) is 18.1 Å². The van der Waals surface area contributed by atoms with Crippen LogP contribution in [0.4, 0.5) is 0 Å². The van der Waals surface area contributed by atoms with Crippen LogP contribution >= 0.6 is 0 Å². The summed E-state index contributed by atoms with van der Waals surface area (Å²) in [6.07, 6.45) is 3.80. The average molecular weight is 441 g/mol. The number of nitrogens with zero attached hydrogens (tertiary/aromatic N) is 5. The number of aromatic carboxylic acids is 1. The molecule has 0 radical (unpaired) electrons. The molecule has 0 bridgehead atoms. The molecule has 0 aliphatic rings. The first kappa shape index (κ1) is 22.9. The van der Waals surface area contributed by atoms with Crippen molar-refractivity contribution in [2.75, 3.05) is 20.8 Å². The van der Waals surface area contributed by atoms with E-state index in [1.54, 1.807) is 25.3 Å². The minimum absolute atomic E-state index is 0.0561. The monoisotopic (exact) mass is 441 g/mol. The van der Waals surface area contributed by atoms with Crippen molar-refractivity contribution in [3.05, 3.63) is 59.7 Å². The first-order valence-corrected chi connectivity index (χ1v) is 10.2. The molecule has 32 heavy (non-hydrogen) atoms. The lowest BCUT2D eigenvalue weighted by Gasteiger charge is -2.23. The van der Waals surface area contributed by atoms with Gasteiger partial charge in [-0.25, -0.2) is 4.79 Å². The van der Waals surface area contributed by atoms with E-state index in [1.165, 1.54) is 16.9 Å². The second-order valence-electron chi connectivity index (χ2n) is 7.10. The summed E-state index contributed by atoms with van der Waals surface area (Å²) in [7, 11) is 3.17. The number of carbonyl (C=O) groups is 2. The molecule has 1 N–H and O–H groups in total. The molecule has 2 heterocycles. The molecule has 0 aliphatic heterocycles. The zero-order chi connectivity index (χ0) is 23.1. The van der Waals surface area contributed by atoms with Crippen molar-refractivity contribution >= 4 is 11.9 Å². The lowest BCUT2D eigenvalue weighted by Crippen LogP contribution is -2.36. The topological polar surface area (TPSA) is 112 Å². The average Bonchev–Trinajstić information content (AvgIpc) is 3.45. The number of carboxylic acid groups (broad SMARTS) is 1. The van der Waals surface area contributed by atoms with Crippen LogP contribution in [0, 0.1) is 0 Å². The number of hydrogen-bond acceptors (Lipinski definition) is 6. The van der Waals surface area contributed by atoms with Gasteiger partial charge in [0.15, 0.2) is 17.2 Å². The SMILES string of the molecule is CCn1nccc1CN(CCc1ccc(OC)c(OC)c1)C(=O)Cn1ccc(C(=O)O)n1. The fourth-order valence-corrected chi connectivity index (χ4v) is 3.37. The Labute approximate surface area is 186 Å². The van der Waals surface area contributed by atoms with Crippen LogP contribution in [0.3, 0.4) is 0 Å². The van der Waals surface area contributed by atoms with Gasteiger partial charge >= 0.3 is 5.97 Å². The summed E-state index contributed by atoms with van der Waals surface area (Å²) in [5.41, 5.74) is 1.82. The van der Waals surface area contributed by atoms with Crippen LogP contribution in [0.15, 0.2) is 42.7 Å². The highest BCUT2D eigenvalue weighted by Crippen LogP contribution is 2.27. The van der Waals surface area contributed by atoms with Crippen molar-refractivity contribution in [2.45, 2.75) is 33.0 Å². The lowest BCUT2D eigenvalue weighted by molar-refractivity contribution is -0.132. The third kappa shape index (κ3) is 5.45. The zero-order valence-electron chi connectivity index (χ0n) is 18.4. The second-order valence-corrected chi connectivity index (χ2v) is 7.10. The number of aromatic nitrogens is 4. The molecule has 0 saturated carbocycles. The smallest absolute Gasteiger partial charge is 0.356 e. The Morgan fingerprint density at radius 2 is 1.91 bits per heavy atom. The molecular formula is C22H27N5O5. The maximum Gasteiger partial charge on any atom is 0.356 e. The number of methoxy groups -OCH3 is 2. The summed E-state index contributed by atoms with van der Waals surface area (Å²) in [6, 6.07) is 8.92. The molecule has 1 amide bonds. The largest absolute Gasteiger partial charge is 0.493 e. The highest BCUT2D eigenvalue weighted by atomic mass is 16.5. The van der Waals surface area contributed by atoms with Gasteiger partial charge in [-0.3, -0.25) is 14.2 Å². The number of amides is 1. The second kappa shape index (κ2) is 10.5. The fraction of sp³-hybridized carbons (Fsp3) is 0.364. The molecule has 3 aromatic rings. The number of hydrogen-bond donors (Lipinski definition) is 1. The van der Waals surface area contributed by atoms with Crippen LogP contribution in [0.25, 0.3) is 0 Å². The van der Waals surface area contributed by atoms with Crippen molar-refractivity contribution in [2.24, 2.45) is 0 Å². The maximum absolute atomic E-state index is 13.1. The molecule has 10 nitrogen and oxygen atoms in total. The summed E-state index contributed by atoms with van der Waals surface area (Å²) in [4.78, 5) is 25.9. The van der Waals surface area contributed by atoms with Gasteiger partial charge in [-0.2, -0.15) is 10.2 Å². The van der Waals surface area contributed by atoms with E-state index >= 15 is 0 Å². The van der Waals surface area contributed by atoms with E-state index in [1.807, 2.05) is 35.9 Å². The maximum atomic E-state index is 13.1. The van der Waals surface area contributed by atoms with Gasteiger partial charge in [-0.1, -0.05) is 6.07 Å². The Kier molecular flexibility index (Phi) is 7.48. The van der Waals surface area contributed by atoms with Gasteiger partial charge in [0.2, 0.25) is 5.91 Å². The molecule has 2 aromatic heterocycles. The van der Waals surface area contributed by atoms with E-state index in [2.05, 4.69) is 10.2 Å². The first-order valence-electron chi connectivity index (χ1n) is 10.2. The minimum Gasteiger partial charge on any atom is -0.493 e. The van der Waals surface area contributed by atoms with Gasteiger partial charge in [-0.15, -0.1) is 0 Å². The van der Waals surface area contributed by atoms with Crippen LogP contribution in [-0.4, -0.2) is 62.2 Å². The van der Waals surface area contributed by atoms with Crippen molar-refractivity contribution in [1.29, 1.82) is 0 Å². The predicted octanol–water partition coefficient (Wildman–Crippen LogP) is 2.09. The highest BCUT2D eigenvalue weighted by Gasteiger charge is 2.18. The summed E-state index contributed by atoms with van der Waals surface area (Å²) in [5, 5.41) is 17.3. The first-order chi connectivity index (χ1) is 15.4. The van der Waals surface area contributed by atoms with E-state index in [9.17, 15) is 9.59 Å². The number of rotatable bonds is 11. The van der Waals surface area contributed by atoms with Crippen molar-refractivity contribution in [1.82, 2.24) is 24.5 Å². The number of ether oxygens (including phenoxy) is 2. The Balaban J connectivity index is 1.76. The summed E-state index contributed by atoms with van der Waals surface area (Å²) in [5.74, 6) is -0.0312. The van der Waals surface area contributed by atoms with Crippen molar-refractivity contribution < 1.29 is 24.2 Å². The Morgan fingerprint density at radius 1 is 1.12 bits per heavy atom. The number of aryl methyl sites for hydroxylation is 1. The molecular weight excluding hydrogens is 414 g/mol. The molecule has 0 fully saturated rings. The van der Waals surface area contributed by atoms with Gasteiger partial charge in [0, 0.05) is 25.5 Å². The molecule has 0 atom stereocenters. The molecule has 3 rings (SSSR count). The van der Waals surface area contributed by atoms with Gasteiger partial charge in [0.25, 0.3) is 0 Å². The molecule has 10 heteroatoms. The fourth-order valence-electron chi connectivity index (χ4n) is 3.37. The standard InChI is InChI=1S/C22H27N5O5/c1-4-27-17(7-10-23-27)14-25(21(28)15-26-12-9-18(24-26)22(29)30)11-8-16-5-6-19(31-2)20(13-16)32-3/h5-7,9-10,12-13H,4,8,11,14-15H2,1-3H3,(H,29,30). The number of benzene rings is 1. The minimum atomic E-state index is -1.13. The van der Waals surface area contributed by atoms with Crippen LogP contribution in [0.2, 0.25) is 0 Å². The Morgan fingerprint density at radius 3 is 2.56 bits per heavy atom. The van der Waals surface area contributed by atoms with Crippen molar-refractivity contribution in [3.63, 3.8) is 0 Å². The van der Waals surface area contributed by atoms with E-state index in [4.69, 9.17) is 14.6 Å². The number of carboxylic acids is 1. The van der Waals surface area contributed by atoms with Crippen molar-refractivity contribution in [3.8, 4) is 11.5 Å². The quantitative estimate of drug-likeness (QED) is 0.485. The number of carbonyl (C=O) groups excluding carboxylic acids is 1. The normalized spacial score (nSPS) is 10.7. The van der Waals surface area contributed by atoms with Crippen LogP contribution in [-0.2, 0) is 30.8 Å². The summed E-state index contributed by atoms with van der Waals surface area (Å²) >= 11 is 0. The summed E-state index contributed by atoms with van der Waals surface area (Å²) < 4.78 is 13.8. The zero-order valence-corrected chi connectivity index (χ0v) is 18.4. The third-order valence-electron chi connectivity index (χ3n) is 5.08. The Hall–Kier alpha value is -3.82. The van der Waals surface area contributed by atoms with E-state index < -0.39 is 5.97 Å². The molecule has 170 valence electrons. The molecule has 0 unspecified atom stereocenters. The van der Waals surface area contributed by atoms with Gasteiger partial charge in [0.1, 0.15) is 6.54 Å². The highest BCUT2D eigenvalue weighted by molar-refractivity contribution is 5.85. The van der Waals surface area contributed by atoms with Gasteiger partial charge < -0.3 is 19.5 Å². The van der Waals surface area contributed by atoms with Crippen LogP contribution < -0.4 is 9.47 Å². The molecule has 0 saturated heterocycles. The third-order valence-corrected chi connectivity index (χ3v) is 5.08. The Bertz CT molecular complexity index is 1070. The summed E-state index contributed by atoms with van der Waals surface area (Å²) in [6.45, 7) is 3.47. The van der Waals surface area contributed by atoms with Crippen LogP contribution in [0.1, 0.15) is 28.7 Å². The van der Waals surface area contributed by atoms with Gasteiger partial charge in [-0.05, 0) is 43.2 Å². The van der Waals surface area contributed by atoms with E-state index in [0.717, 1.165) is 11.3 Å². The lowest BCUT2D eigenvalue weighted by atomic mass is 10.1. The molecule has 0 spiro atoms.